The third kappa shape index (κ3) is 1.12. The van der Waals surface area contributed by atoms with Gasteiger partial charge in [0, 0.05) is 8.96 Å². The number of halogens is 1. The lowest BCUT2D eigenvalue weighted by Crippen LogP contribution is -1.76. The van der Waals surface area contributed by atoms with Crippen LogP contribution in [0.15, 0.2) is 41.1 Å². The first-order chi connectivity index (χ1) is 6.84. The number of hydrogen-bond acceptors (Lipinski definition) is 2. The number of aromatic nitrogens is 1. The quantitative estimate of drug-likeness (QED) is 0.592. The number of nitrogens with zero attached hydrogens (tertiary/aromatic N) is 1. The van der Waals surface area contributed by atoms with Gasteiger partial charge in [-0.15, -0.1) is 0 Å². The summed E-state index contributed by atoms with van der Waals surface area (Å²) in [6.45, 7) is 0. The van der Waals surface area contributed by atoms with Gasteiger partial charge in [-0.2, -0.15) is 0 Å². The number of rotatable bonds is 0. The molecular formula is C11H6INO. The molecule has 0 unspecified atom stereocenters. The van der Waals surface area contributed by atoms with Crippen LogP contribution in [-0.2, 0) is 0 Å². The predicted octanol–water partition coefficient (Wildman–Crippen LogP) is 3.59. The van der Waals surface area contributed by atoms with Crippen LogP contribution >= 0.6 is 22.6 Å². The van der Waals surface area contributed by atoms with Crippen LogP contribution in [0.5, 0.6) is 0 Å². The van der Waals surface area contributed by atoms with E-state index in [1.165, 1.54) is 14.3 Å². The predicted molar refractivity (Wildman–Crippen MR) is 64.2 cm³/mol. The summed E-state index contributed by atoms with van der Waals surface area (Å²) in [6.07, 6.45) is 1.74. The second-order valence-electron chi connectivity index (χ2n) is 3.18. The number of fused-ring (bicyclic) bond motifs is 2. The Bertz CT molecular complexity index is 615. The normalized spacial score (nSPS) is 11.2. The van der Waals surface area contributed by atoms with Gasteiger partial charge < -0.3 is 4.52 Å². The van der Waals surface area contributed by atoms with Crippen molar-refractivity contribution < 1.29 is 4.52 Å². The Morgan fingerprint density at radius 2 is 2.07 bits per heavy atom. The highest BCUT2D eigenvalue weighted by molar-refractivity contribution is 14.1. The summed E-state index contributed by atoms with van der Waals surface area (Å²) in [6, 6.07) is 10.4. The first-order valence-electron chi connectivity index (χ1n) is 4.27. The van der Waals surface area contributed by atoms with E-state index in [-0.39, 0.29) is 0 Å². The van der Waals surface area contributed by atoms with Gasteiger partial charge in [-0.1, -0.05) is 17.3 Å². The fourth-order valence-electron chi connectivity index (χ4n) is 1.60. The summed E-state index contributed by atoms with van der Waals surface area (Å²) in [7, 11) is 0. The maximum absolute atomic E-state index is 5.13. The highest BCUT2D eigenvalue weighted by Gasteiger charge is 2.03. The SMILES string of the molecule is Ic1cccc2cc3cnoc3cc12. The third-order valence-electron chi connectivity index (χ3n) is 2.30. The van der Waals surface area contributed by atoms with Crippen molar-refractivity contribution in [3.63, 3.8) is 0 Å². The minimum Gasteiger partial charge on any atom is -0.356 e. The monoisotopic (exact) mass is 295 g/mol. The van der Waals surface area contributed by atoms with Crippen molar-refractivity contribution in [3.05, 3.63) is 40.1 Å². The number of hydrogen-bond donors (Lipinski definition) is 0. The fraction of sp³-hybridized carbons (Fsp3) is 0. The van der Waals surface area contributed by atoms with Crippen LogP contribution in [0.1, 0.15) is 0 Å². The molecule has 0 atom stereocenters. The van der Waals surface area contributed by atoms with Gasteiger partial charge in [0.2, 0.25) is 0 Å². The molecule has 68 valence electrons. The second-order valence-corrected chi connectivity index (χ2v) is 4.34. The van der Waals surface area contributed by atoms with E-state index in [0.717, 1.165) is 11.0 Å². The molecule has 0 fully saturated rings. The lowest BCUT2D eigenvalue weighted by Gasteiger charge is -1.99. The standard InChI is InChI=1S/C11H6INO/c12-10-3-1-2-7-4-8-6-13-14-11(8)5-9(7)10/h1-6H. The molecule has 0 saturated heterocycles. The third-order valence-corrected chi connectivity index (χ3v) is 3.24. The zero-order valence-corrected chi connectivity index (χ0v) is 9.36. The molecule has 0 amide bonds. The summed E-state index contributed by atoms with van der Waals surface area (Å²) >= 11 is 2.33. The summed E-state index contributed by atoms with van der Waals surface area (Å²) < 4.78 is 6.36. The van der Waals surface area contributed by atoms with Gasteiger partial charge in [-0.25, -0.2) is 0 Å². The molecule has 3 heteroatoms. The Kier molecular flexibility index (Phi) is 1.73. The highest BCUT2D eigenvalue weighted by Crippen LogP contribution is 2.25. The van der Waals surface area contributed by atoms with Crippen LogP contribution in [0.3, 0.4) is 0 Å². The molecule has 0 N–H and O–H groups in total. The van der Waals surface area contributed by atoms with E-state index in [0.29, 0.717) is 0 Å². The van der Waals surface area contributed by atoms with E-state index in [4.69, 9.17) is 4.52 Å². The average molecular weight is 295 g/mol. The van der Waals surface area contributed by atoms with Crippen LogP contribution in [0.2, 0.25) is 0 Å². The first kappa shape index (κ1) is 8.23. The van der Waals surface area contributed by atoms with Gasteiger partial charge in [0.1, 0.15) is 0 Å². The average Bonchev–Trinajstić information content (AvgIpc) is 2.62. The Balaban J connectivity index is 2.57. The van der Waals surface area contributed by atoms with E-state index in [1.807, 2.05) is 6.07 Å². The van der Waals surface area contributed by atoms with Gasteiger partial charge in [0.25, 0.3) is 0 Å². The Labute approximate surface area is 94.0 Å². The minimum absolute atomic E-state index is 0.849. The molecule has 0 spiro atoms. The van der Waals surface area contributed by atoms with Crippen molar-refractivity contribution in [1.29, 1.82) is 0 Å². The molecule has 0 aliphatic rings. The fourth-order valence-corrected chi connectivity index (χ4v) is 2.28. The Morgan fingerprint density at radius 3 is 3.00 bits per heavy atom. The second kappa shape index (κ2) is 2.95. The van der Waals surface area contributed by atoms with Crippen LogP contribution in [0, 0.1) is 3.57 Å². The lowest BCUT2D eigenvalue weighted by molar-refractivity contribution is 0.456. The Morgan fingerprint density at radius 1 is 1.14 bits per heavy atom. The molecular weight excluding hydrogens is 289 g/mol. The molecule has 0 bridgehead atoms. The van der Waals surface area contributed by atoms with Crippen molar-refractivity contribution in [3.8, 4) is 0 Å². The number of benzene rings is 2. The Hall–Kier alpha value is -1.10. The maximum atomic E-state index is 5.13. The molecule has 0 saturated carbocycles. The minimum atomic E-state index is 0.849. The van der Waals surface area contributed by atoms with Crippen molar-refractivity contribution >= 4 is 44.3 Å². The molecule has 1 aromatic heterocycles. The van der Waals surface area contributed by atoms with Gasteiger partial charge >= 0.3 is 0 Å². The van der Waals surface area contributed by atoms with E-state index in [1.54, 1.807) is 6.20 Å². The maximum Gasteiger partial charge on any atom is 0.167 e. The lowest BCUT2D eigenvalue weighted by atomic mass is 10.1. The molecule has 1 heterocycles. The van der Waals surface area contributed by atoms with E-state index < -0.39 is 0 Å². The van der Waals surface area contributed by atoms with Crippen LogP contribution < -0.4 is 0 Å². The molecule has 14 heavy (non-hydrogen) atoms. The van der Waals surface area contributed by atoms with Crippen LogP contribution in [-0.4, -0.2) is 5.16 Å². The van der Waals surface area contributed by atoms with Crippen LogP contribution in [0.25, 0.3) is 21.7 Å². The van der Waals surface area contributed by atoms with Crippen LogP contribution in [0.4, 0.5) is 0 Å². The smallest absolute Gasteiger partial charge is 0.167 e. The van der Waals surface area contributed by atoms with Gasteiger partial charge in [-0.3, -0.25) is 0 Å². The summed E-state index contributed by atoms with van der Waals surface area (Å²) in [5.74, 6) is 0. The molecule has 2 aromatic carbocycles. The zero-order chi connectivity index (χ0) is 9.54. The largest absolute Gasteiger partial charge is 0.356 e. The first-order valence-corrected chi connectivity index (χ1v) is 5.35. The van der Waals surface area contributed by atoms with E-state index in [2.05, 4.69) is 52.0 Å². The van der Waals surface area contributed by atoms with Gasteiger partial charge in [0.15, 0.2) is 5.58 Å². The molecule has 3 rings (SSSR count). The summed E-state index contributed by atoms with van der Waals surface area (Å²) in [5.41, 5.74) is 0.849. The van der Waals surface area contributed by atoms with Crippen molar-refractivity contribution in [2.75, 3.05) is 0 Å². The molecule has 2 nitrogen and oxygen atoms in total. The summed E-state index contributed by atoms with van der Waals surface area (Å²) in [4.78, 5) is 0. The zero-order valence-electron chi connectivity index (χ0n) is 7.20. The molecule has 0 aliphatic heterocycles. The van der Waals surface area contributed by atoms with E-state index >= 15 is 0 Å². The van der Waals surface area contributed by atoms with Gasteiger partial charge in [0.05, 0.1) is 6.20 Å². The van der Waals surface area contributed by atoms with Gasteiger partial charge in [-0.05, 0) is 51.6 Å². The topological polar surface area (TPSA) is 26.0 Å². The molecule has 0 radical (unpaired) electrons. The highest BCUT2D eigenvalue weighted by atomic mass is 127. The van der Waals surface area contributed by atoms with Crippen molar-refractivity contribution in [2.24, 2.45) is 0 Å². The van der Waals surface area contributed by atoms with Crippen molar-refractivity contribution in [1.82, 2.24) is 5.16 Å². The van der Waals surface area contributed by atoms with Crippen molar-refractivity contribution in [2.45, 2.75) is 0 Å². The van der Waals surface area contributed by atoms with E-state index in [9.17, 15) is 0 Å². The summed E-state index contributed by atoms with van der Waals surface area (Å²) in [5, 5.41) is 7.28. The molecule has 3 aromatic rings. The molecule has 0 aliphatic carbocycles.